The second-order valence-electron chi connectivity index (χ2n) is 6.17. The number of hydrogen-bond donors (Lipinski definition) is 2. The lowest BCUT2D eigenvalue weighted by Gasteiger charge is -2.20. The number of benzene rings is 1. The molecule has 0 saturated heterocycles. The van der Waals surface area contributed by atoms with E-state index in [4.69, 9.17) is 0 Å². The van der Waals surface area contributed by atoms with Crippen LogP contribution in [0.25, 0.3) is 5.69 Å². The van der Waals surface area contributed by atoms with Crippen molar-refractivity contribution in [3.63, 3.8) is 0 Å². The Morgan fingerprint density at radius 3 is 2.55 bits per heavy atom. The Morgan fingerprint density at radius 1 is 1.27 bits per heavy atom. The van der Waals surface area contributed by atoms with E-state index in [9.17, 15) is 14.7 Å². The Hall–Kier alpha value is -2.63. The van der Waals surface area contributed by atoms with Gasteiger partial charge in [-0.2, -0.15) is 9.78 Å². The fourth-order valence-corrected chi connectivity index (χ4v) is 1.95. The zero-order chi connectivity index (χ0) is 16.5. The van der Waals surface area contributed by atoms with Crippen LogP contribution in [0.15, 0.2) is 35.1 Å². The van der Waals surface area contributed by atoms with Crippen LogP contribution >= 0.6 is 0 Å². The maximum Gasteiger partial charge on any atom is 0.276 e. The van der Waals surface area contributed by atoms with E-state index >= 15 is 0 Å². The minimum Gasteiger partial charge on any atom is -0.505 e. The summed E-state index contributed by atoms with van der Waals surface area (Å²) in [6.07, 6.45) is 0. The van der Waals surface area contributed by atoms with Crippen LogP contribution in [-0.2, 0) is 0 Å². The second kappa shape index (κ2) is 5.63. The Labute approximate surface area is 128 Å². The minimum atomic E-state index is -0.536. The first kappa shape index (κ1) is 15.8. The van der Waals surface area contributed by atoms with E-state index in [0.717, 1.165) is 16.3 Å². The number of amides is 1. The number of aryl methyl sites for hydroxylation is 1. The van der Waals surface area contributed by atoms with Crippen molar-refractivity contribution in [1.82, 2.24) is 15.1 Å². The zero-order valence-electron chi connectivity index (χ0n) is 13.0. The summed E-state index contributed by atoms with van der Waals surface area (Å²) in [5, 5.41) is 16.6. The summed E-state index contributed by atoms with van der Waals surface area (Å²) >= 11 is 0. The van der Waals surface area contributed by atoms with E-state index in [2.05, 4.69) is 10.4 Å². The fourth-order valence-electron chi connectivity index (χ4n) is 1.95. The lowest BCUT2D eigenvalue weighted by atomic mass is 10.1. The summed E-state index contributed by atoms with van der Waals surface area (Å²) in [7, 11) is 0. The predicted octanol–water partition coefficient (Wildman–Crippen LogP) is 1.77. The molecule has 0 aliphatic rings. The Morgan fingerprint density at radius 2 is 1.95 bits per heavy atom. The highest BCUT2D eigenvalue weighted by molar-refractivity contribution is 5.95. The van der Waals surface area contributed by atoms with Crippen molar-refractivity contribution in [2.45, 2.75) is 33.2 Å². The normalized spacial score (nSPS) is 11.3. The van der Waals surface area contributed by atoms with Crippen molar-refractivity contribution in [1.29, 1.82) is 0 Å². The predicted molar refractivity (Wildman–Crippen MR) is 83.5 cm³/mol. The van der Waals surface area contributed by atoms with Gasteiger partial charge in [0.05, 0.1) is 5.69 Å². The summed E-state index contributed by atoms with van der Waals surface area (Å²) in [5.74, 6) is -0.970. The molecule has 0 spiro atoms. The van der Waals surface area contributed by atoms with Gasteiger partial charge < -0.3 is 10.4 Å². The molecule has 0 atom stereocenters. The molecular weight excluding hydrogens is 282 g/mol. The average molecular weight is 301 g/mol. The van der Waals surface area contributed by atoms with Gasteiger partial charge in [0.25, 0.3) is 11.5 Å². The van der Waals surface area contributed by atoms with Crippen molar-refractivity contribution >= 4 is 5.91 Å². The van der Waals surface area contributed by atoms with Crippen LogP contribution in [0.2, 0.25) is 0 Å². The molecular formula is C16H19N3O3. The highest BCUT2D eigenvalue weighted by atomic mass is 16.3. The highest BCUT2D eigenvalue weighted by Gasteiger charge is 2.21. The molecule has 116 valence electrons. The summed E-state index contributed by atoms with van der Waals surface area (Å²) in [5.41, 5.74) is 0.330. The third-order valence-corrected chi connectivity index (χ3v) is 2.86. The Balaban J connectivity index is 2.52. The maximum absolute atomic E-state index is 12.2. The molecule has 2 aromatic rings. The first-order valence-corrected chi connectivity index (χ1v) is 6.90. The van der Waals surface area contributed by atoms with Crippen LogP contribution in [0.5, 0.6) is 5.75 Å². The number of nitrogens with zero attached hydrogens (tertiary/aromatic N) is 2. The molecule has 1 aromatic heterocycles. The molecule has 0 aliphatic heterocycles. The smallest absolute Gasteiger partial charge is 0.276 e. The zero-order valence-corrected chi connectivity index (χ0v) is 13.0. The van der Waals surface area contributed by atoms with Gasteiger partial charge in [0.1, 0.15) is 0 Å². The van der Waals surface area contributed by atoms with Gasteiger partial charge in [-0.3, -0.25) is 9.59 Å². The van der Waals surface area contributed by atoms with Crippen LogP contribution in [-0.4, -0.2) is 26.3 Å². The van der Waals surface area contributed by atoms with Crippen molar-refractivity contribution in [3.8, 4) is 11.4 Å². The minimum absolute atomic E-state index is 0.184. The third-order valence-electron chi connectivity index (χ3n) is 2.86. The van der Waals surface area contributed by atoms with Gasteiger partial charge in [-0.1, -0.05) is 12.1 Å². The highest BCUT2D eigenvalue weighted by Crippen LogP contribution is 2.14. The second-order valence-corrected chi connectivity index (χ2v) is 6.17. The Kier molecular flexibility index (Phi) is 4.03. The number of rotatable bonds is 2. The van der Waals surface area contributed by atoms with Gasteiger partial charge in [-0.25, -0.2) is 0 Å². The molecule has 0 fully saturated rings. The van der Waals surface area contributed by atoms with Gasteiger partial charge in [-0.05, 0) is 45.4 Å². The molecule has 22 heavy (non-hydrogen) atoms. The van der Waals surface area contributed by atoms with Crippen LogP contribution in [0, 0.1) is 6.92 Å². The molecule has 1 amide bonds. The number of aromatic nitrogens is 2. The average Bonchev–Trinajstić information content (AvgIpc) is 2.36. The van der Waals surface area contributed by atoms with Crippen LogP contribution in [0.4, 0.5) is 0 Å². The summed E-state index contributed by atoms with van der Waals surface area (Å²) in [6, 6.07) is 8.16. The largest absolute Gasteiger partial charge is 0.505 e. The van der Waals surface area contributed by atoms with Crippen molar-refractivity contribution in [2.24, 2.45) is 0 Å². The Bertz CT molecular complexity index is 773. The summed E-state index contributed by atoms with van der Waals surface area (Å²) < 4.78 is 1.10. The molecule has 1 aromatic carbocycles. The topological polar surface area (TPSA) is 84.2 Å². The van der Waals surface area contributed by atoms with Crippen molar-refractivity contribution in [2.75, 3.05) is 0 Å². The monoisotopic (exact) mass is 301 g/mol. The first-order valence-electron chi connectivity index (χ1n) is 6.90. The van der Waals surface area contributed by atoms with E-state index < -0.39 is 22.8 Å². The lowest BCUT2D eigenvalue weighted by molar-refractivity contribution is 0.0909. The molecule has 2 N–H and O–H groups in total. The number of nitrogens with one attached hydrogen (secondary N) is 1. The van der Waals surface area contributed by atoms with E-state index in [0.29, 0.717) is 5.69 Å². The van der Waals surface area contributed by atoms with E-state index in [-0.39, 0.29) is 5.69 Å². The van der Waals surface area contributed by atoms with E-state index in [1.165, 1.54) is 0 Å². The molecule has 0 radical (unpaired) electrons. The van der Waals surface area contributed by atoms with Crippen LogP contribution < -0.4 is 10.9 Å². The first-order chi connectivity index (χ1) is 10.2. The van der Waals surface area contributed by atoms with Crippen molar-refractivity contribution in [3.05, 3.63) is 51.9 Å². The van der Waals surface area contributed by atoms with Gasteiger partial charge in [0.2, 0.25) is 0 Å². The molecule has 6 nitrogen and oxygen atoms in total. The summed E-state index contributed by atoms with van der Waals surface area (Å²) in [6.45, 7) is 7.34. The van der Waals surface area contributed by atoms with Crippen molar-refractivity contribution < 1.29 is 9.90 Å². The standard InChI is InChI=1S/C16H19N3O3/c1-10-6-5-7-11(8-10)19-13(21)9-12(20)14(18-19)15(22)17-16(2,3)4/h5-9,20H,1-4H3,(H,17,22). The fraction of sp³-hybridized carbons (Fsp3) is 0.312. The van der Waals surface area contributed by atoms with Crippen LogP contribution in [0.3, 0.4) is 0 Å². The third kappa shape index (κ3) is 3.52. The molecule has 0 aliphatic carbocycles. The molecule has 0 unspecified atom stereocenters. The van der Waals surface area contributed by atoms with Gasteiger partial charge in [0.15, 0.2) is 11.4 Å². The molecule has 1 heterocycles. The molecule has 0 bridgehead atoms. The number of aromatic hydroxyl groups is 1. The van der Waals surface area contributed by atoms with Gasteiger partial charge in [-0.15, -0.1) is 0 Å². The number of carbonyl (C=O) groups is 1. The molecule has 0 saturated carbocycles. The SMILES string of the molecule is Cc1cccc(-n2nc(C(=O)NC(C)(C)C)c(O)cc2=O)c1. The van der Waals surface area contributed by atoms with Gasteiger partial charge in [0, 0.05) is 11.6 Å². The number of hydrogen-bond acceptors (Lipinski definition) is 4. The lowest BCUT2D eigenvalue weighted by Crippen LogP contribution is -2.41. The van der Waals surface area contributed by atoms with Crippen LogP contribution in [0.1, 0.15) is 36.8 Å². The molecule has 6 heteroatoms. The summed E-state index contributed by atoms with van der Waals surface area (Å²) in [4.78, 5) is 24.2. The molecule has 2 rings (SSSR count). The maximum atomic E-state index is 12.2. The van der Waals surface area contributed by atoms with E-state index in [1.54, 1.807) is 18.2 Å². The van der Waals surface area contributed by atoms with Gasteiger partial charge >= 0.3 is 0 Å². The van der Waals surface area contributed by atoms with E-state index in [1.807, 2.05) is 33.8 Å². The quantitative estimate of drug-likeness (QED) is 0.885. The number of carbonyl (C=O) groups excluding carboxylic acids is 1.